The molecule has 1 aliphatic heterocycles. The van der Waals surface area contributed by atoms with Gasteiger partial charge in [0.1, 0.15) is 5.82 Å². The Morgan fingerprint density at radius 1 is 1.00 bits per heavy atom. The molecule has 2 aromatic rings. The second-order valence-corrected chi connectivity index (χ2v) is 10.1. The summed E-state index contributed by atoms with van der Waals surface area (Å²) in [5.74, 6) is -1.07. The molecule has 1 fully saturated rings. The topological polar surface area (TPSA) is 60.9 Å². The van der Waals surface area contributed by atoms with Gasteiger partial charge in [0.15, 0.2) is 5.60 Å². The predicted molar refractivity (Wildman–Crippen MR) is 109 cm³/mol. The monoisotopic (exact) mass is 514 g/mol. The Morgan fingerprint density at radius 3 is 2.21 bits per heavy atom. The molecular weight excluding hydrogens is 493 g/mol. The third-order valence-corrected chi connectivity index (χ3v) is 7.74. The van der Waals surface area contributed by atoms with Crippen LogP contribution in [-0.2, 0) is 21.8 Å². The zero-order valence-corrected chi connectivity index (χ0v) is 18.8. The van der Waals surface area contributed by atoms with E-state index < -0.39 is 55.9 Å². The number of sulfonamides is 1. The summed E-state index contributed by atoms with van der Waals surface area (Å²) in [6, 6.07) is 5.15. The summed E-state index contributed by atoms with van der Waals surface area (Å²) >= 11 is 0. The minimum absolute atomic E-state index is 0.168. The molecule has 2 aromatic carbocycles. The number of nitrogens with zero attached hydrogens (tertiary/aromatic N) is 2. The number of aliphatic hydroxyl groups is 1. The molecule has 3 rings (SSSR count). The summed E-state index contributed by atoms with van der Waals surface area (Å²) < 4.78 is 120. The lowest BCUT2D eigenvalue weighted by Gasteiger charge is -2.41. The molecule has 1 heterocycles. The van der Waals surface area contributed by atoms with Crippen molar-refractivity contribution >= 4 is 15.7 Å². The molecular formula is C21H21F7N2O3S. The van der Waals surface area contributed by atoms with Gasteiger partial charge < -0.3 is 10.0 Å². The van der Waals surface area contributed by atoms with Gasteiger partial charge in [-0.2, -0.15) is 30.6 Å². The van der Waals surface area contributed by atoms with Gasteiger partial charge in [0, 0.05) is 31.4 Å². The highest BCUT2D eigenvalue weighted by molar-refractivity contribution is 7.89. The quantitative estimate of drug-likeness (QED) is 0.610. The van der Waals surface area contributed by atoms with Gasteiger partial charge in [-0.1, -0.05) is 12.1 Å². The first-order valence-electron chi connectivity index (χ1n) is 9.99. The molecule has 34 heavy (non-hydrogen) atoms. The van der Waals surface area contributed by atoms with Crippen molar-refractivity contribution in [3.63, 3.8) is 0 Å². The maximum atomic E-state index is 13.4. The molecule has 1 unspecified atom stereocenters. The number of halogens is 7. The molecule has 0 spiro atoms. The van der Waals surface area contributed by atoms with Gasteiger partial charge in [-0.15, -0.1) is 0 Å². The van der Waals surface area contributed by atoms with E-state index in [2.05, 4.69) is 0 Å². The van der Waals surface area contributed by atoms with E-state index in [1.807, 2.05) is 0 Å². The first-order valence-corrected chi connectivity index (χ1v) is 11.4. The van der Waals surface area contributed by atoms with Crippen LogP contribution in [0.5, 0.6) is 0 Å². The Balaban J connectivity index is 1.89. The summed E-state index contributed by atoms with van der Waals surface area (Å²) in [4.78, 5) is 0.789. The molecule has 0 aliphatic carbocycles. The standard InChI is InChI=1S/C21H21F7N2O3S/c1-13-12-29(18-7-6-15(22)11-17(18)20(23,24)25)8-9-30(13)34(32,33)16-5-3-4-14(10-16)19(2,31)21(26,27)28/h3-7,10-11,13,31H,8-9,12H2,1-2H3/t13-,19?/m1/s1. The second kappa shape index (κ2) is 8.68. The van der Waals surface area contributed by atoms with Crippen molar-refractivity contribution < 1.29 is 44.3 Å². The van der Waals surface area contributed by atoms with Crippen molar-refractivity contribution in [3.05, 3.63) is 59.4 Å². The molecule has 0 saturated carbocycles. The minimum Gasteiger partial charge on any atom is -0.376 e. The summed E-state index contributed by atoms with van der Waals surface area (Å²) in [7, 11) is -4.34. The summed E-state index contributed by atoms with van der Waals surface area (Å²) in [6.07, 6.45) is -9.89. The van der Waals surface area contributed by atoms with Crippen molar-refractivity contribution in [2.45, 2.75) is 42.7 Å². The zero-order valence-electron chi connectivity index (χ0n) is 18.0. The lowest BCUT2D eigenvalue weighted by molar-refractivity contribution is -0.258. The van der Waals surface area contributed by atoms with Crippen LogP contribution >= 0.6 is 0 Å². The van der Waals surface area contributed by atoms with Gasteiger partial charge in [-0.25, -0.2) is 12.8 Å². The smallest absolute Gasteiger partial charge is 0.376 e. The van der Waals surface area contributed by atoms with Crippen LogP contribution in [0.2, 0.25) is 0 Å². The van der Waals surface area contributed by atoms with Crippen molar-refractivity contribution in [3.8, 4) is 0 Å². The van der Waals surface area contributed by atoms with Crippen molar-refractivity contribution in [1.82, 2.24) is 4.31 Å². The summed E-state index contributed by atoms with van der Waals surface area (Å²) in [5, 5.41) is 9.89. The van der Waals surface area contributed by atoms with Crippen molar-refractivity contribution in [1.29, 1.82) is 0 Å². The first kappa shape index (κ1) is 26.2. The van der Waals surface area contributed by atoms with Crippen LogP contribution in [0.25, 0.3) is 0 Å². The van der Waals surface area contributed by atoms with Crippen LogP contribution in [0.15, 0.2) is 47.4 Å². The number of rotatable bonds is 4. The van der Waals surface area contributed by atoms with E-state index in [9.17, 15) is 44.3 Å². The van der Waals surface area contributed by atoms with Crippen LogP contribution in [0, 0.1) is 5.82 Å². The molecule has 2 atom stereocenters. The number of alkyl halides is 6. The van der Waals surface area contributed by atoms with Gasteiger partial charge in [-0.05, 0) is 49.7 Å². The lowest BCUT2D eigenvalue weighted by Crippen LogP contribution is -2.54. The maximum absolute atomic E-state index is 13.4. The van der Waals surface area contributed by atoms with E-state index in [1.54, 1.807) is 0 Å². The molecule has 188 valence electrons. The molecule has 0 amide bonds. The number of anilines is 1. The third kappa shape index (κ3) is 4.86. The number of hydrogen-bond donors (Lipinski definition) is 1. The molecule has 13 heteroatoms. The molecule has 1 N–H and O–H groups in total. The van der Waals surface area contributed by atoms with E-state index in [0.29, 0.717) is 13.0 Å². The van der Waals surface area contributed by atoms with E-state index in [4.69, 9.17) is 0 Å². The largest absolute Gasteiger partial charge is 0.421 e. The first-order chi connectivity index (χ1) is 15.5. The molecule has 5 nitrogen and oxygen atoms in total. The SMILES string of the molecule is C[C@@H]1CN(c2ccc(F)cc2C(F)(F)F)CCN1S(=O)(=O)c1cccc(C(C)(O)C(F)(F)F)c1. The molecule has 1 aliphatic rings. The fourth-order valence-corrected chi connectivity index (χ4v) is 5.45. The molecule has 0 aromatic heterocycles. The van der Waals surface area contributed by atoms with Crippen LogP contribution in [0.1, 0.15) is 25.0 Å². The molecule has 1 saturated heterocycles. The Kier molecular flexibility index (Phi) is 6.70. The van der Waals surface area contributed by atoms with E-state index in [-0.39, 0.29) is 25.3 Å². The third-order valence-electron chi connectivity index (χ3n) is 5.73. The highest BCUT2D eigenvalue weighted by Crippen LogP contribution is 2.40. The van der Waals surface area contributed by atoms with Crippen molar-refractivity contribution in [2.75, 3.05) is 24.5 Å². The Bertz CT molecular complexity index is 1160. The van der Waals surface area contributed by atoms with E-state index >= 15 is 0 Å². The van der Waals surface area contributed by atoms with Gasteiger partial charge in [-0.3, -0.25) is 0 Å². The summed E-state index contributed by atoms with van der Waals surface area (Å²) in [5.41, 5.74) is -5.47. The Labute approximate surface area is 191 Å². The average Bonchev–Trinajstić information content (AvgIpc) is 2.72. The molecule has 0 bridgehead atoms. The van der Waals surface area contributed by atoms with Crippen molar-refractivity contribution in [2.24, 2.45) is 0 Å². The number of piperazine rings is 1. The Morgan fingerprint density at radius 2 is 1.65 bits per heavy atom. The van der Waals surface area contributed by atoms with Gasteiger partial charge >= 0.3 is 12.4 Å². The van der Waals surface area contributed by atoms with Gasteiger partial charge in [0.25, 0.3) is 0 Å². The predicted octanol–water partition coefficient (Wildman–Crippen LogP) is 4.51. The summed E-state index contributed by atoms with van der Waals surface area (Å²) in [6.45, 7) is 1.33. The normalized spacial score (nSPS) is 20.3. The van der Waals surface area contributed by atoms with Crippen LogP contribution in [0.3, 0.4) is 0 Å². The van der Waals surface area contributed by atoms with Crippen LogP contribution in [-0.4, -0.2) is 49.7 Å². The molecule has 0 radical (unpaired) electrons. The maximum Gasteiger partial charge on any atom is 0.421 e. The van der Waals surface area contributed by atoms with Crippen LogP contribution in [0.4, 0.5) is 36.4 Å². The fourth-order valence-electron chi connectivity index (χ4n) is 3.79. The minimum atomic E-state index is -5.06. The highest BCUT2D eigenvalue weighted by atomic mass is 32.2. The fraction of sp³-hybridized carbons (Fsp3) is 0.429. The average molecular weight is 514 g/mol. The lowest BCUT2D eigenvalue weighted by atomic mass is 9.96. The van der Waals surface area contributed by atoms with E-state index in [0.717, 1.165) is 40.7 Å². The number of hydrogen-bond acceptors (Lipinski definition) is 4. The second-order valence-electron chi connectivity index (χ2n) is 8.17. The van der Waals surface area contributed by atoms with Crippen LogP contribution < -0.4 is 4.90 Å². The van der Waals surface area contributed by atoms with Gasteiger partial charge in [0.05, 0.1) is 10.5 Å². The van der Waals surface area contributed by atoms with E-state index in [1.165, 1.54) is 11.8 Å². The Hall–Kier alpha value is -2.38. The number of benzene rings is 2. The zero-order chi connectivity index (χ0) is 25.7. The highest BCUT2D eigenvalue weighted by Gasteiger charge is 2.51. The van der Waals surface area contributed by atoms with Gasteiger partial charge in [0.2, 0.25) is 10.0 Å².